The van der Waals surface area contributed by atoms with Gasteiger partial charge >= 0.3 is 5.97 Å². The first-order valence-corrected chi connectivity index (χ1v) is 9.13. The maximum Gasteiger partial charge on any atom is 0.348 e. The fourth-order valence-electron chi connectivity index (χ4n) is 3.24. The second-order valence-electron chi connectivity index (χ2n) is 6.69. The van der Waals surface area contributed by atoms with Gasteiger partial charge in [0.2, 0.25) is 0 Å². The van der Waals surface area contributed by atoms with Crippen molar-refractivity contribution >= 4 is 23.0 Å². The molecule has 1 atom stereocenters. The number of hydrogen-bond acceptors (Lipinski definition) is 4. The smallest absolute Gasteiger partial charge is 0.348 e. The van der Waals surface area contributed by atoms with Crippen molar-refractivity contribution in [1.29, 1.82) is 0 Å². The van der Waals surface area contributed by atoms with E-state index in [4.69, 9.17) is 4.74 Å². The van der Waals surface area contributed by atoms with Gasteiger partial charge in [-0.3, -0.25) is 0 Å². The molecule has 124 valence electrons. The van der Waals surface area contributed by atoms with Gasteiger partial charge in [-0.15, -0.1) is 11.3 Å². The van der Waals surface area contributed by atoms with Gasteiger partial charge in [0, 0.05) is 17.3 Å². The first-order chi connectivity index (χ1) is 11.6. The predicted molar refractivity (Wildman–Crippen MR) is 94.6 cm³/mol. The van der Waals surface area contributed by atoms with Crippen LogP contribution in [0.3, 0.4) is 0 Å². The Bertz CT molecular complexity index is 909. The monoisotopic (exact) mass is 340 g/mol. The highest BCUT2D eigenvalue weighted by atomic mass is 32.1. The Labute approximate surface area is 145 Å². The average Bonchev–Trinajstić information content (AvgIpc) is 3.15. The topological polar surface area (TPSA) is 43.6 Å². The molecule has 0 fully saturated rings. The third-order valence-corrected chi connectivity index (χ3v) is 5.75. The molecule has 0 unspecified atom stereocenters. The van der Waals surface area contributed by atoms with E-state index >= 15 is 0 Å². The van der Waals surface area contributed by atoms with E-state index < -0.39 is 0 Å². The third kappa shape index (κ3) is 2.96. The average molecular weight is 340 g/mol. The molecule has 24 heavy (non-hydrogen) atoms. The maximum absolute atomic E-state index is 12.3. The van der Waals surface area contributed by atoms with Crippen LogP contribution in [0.5, 0.6) is 0 Å². The number of pyridine rings is 1. The summed E-state index contributed by atoms with van der Waals surface area (Å²) in [5.74, 6) is 0.465. The van der Waals surface area contributed by atoms with Crippen LogP contribution in [-0.2, 0) is 24.2 Å². The number of esters is 1. The van der Waals surface area contributed by atoms with Gasteiger partial charge in [-0.1, -0.05) is 13.0 Å². The predicted octanol–water partition coefficient (Wildman–Crippen LogP) is 4.19. The largest absolute Gasteiger partial charge is 0.455 e. The van der Waals surface area contributed by atoms with Crippen molar-refractivity contribution in [2.24, 2.45) is 5.92 Å². The van der Waals surface area contributed by atoms with Crippen molar-refractivity contribution in [2.75, 3.05) is 0 Å². The number of aryl methyl sites for hydroxylation is 2. The van der Waals surface area contributed by atoms with Crippen molar-refractivity contribution in [3.05, 3.63) is 57.2 Å². The fraction of sp³-hybridized carbons (Fsp3) is 0.368. The molecule has 0 saturated heterocycles. The second kappa shape index (κ2) is 6.06. The molecule has 0 amide bonds. The van der Waals surface area contributed by atoms with Gasteiger partial charge < -0.3 is 9.14 Å². The SMILES string of the molecule is Cc1ccc2nc(COC(=O)c3cc4c(s3)CC[C@H](C)C4)cn2c1. The van der Waals surface area contributed by atoms with Gasteiger partial charge in [0.25, 0.3) is 0 Å². The zero-order valence-corrected chi connectivity index (χ0v) is 14.7. The van der Waals surface area contributed by atoms with Crippen LogP contribution in [0.25, 0.3) is 5.65 Å². The number of imidazole rings is 1. The van der Waals surface area contributed by atoms with Crippen LogP contribution in [0.2, 0.25) is 0 Å². The first kappa shape index (κ1) is 15.4. The van der Waals surface area contributed by atoms with Crippen LogP contribution in [0.1, 0.15) is 44.7 Å². The summed E-state index contributed by atoms with van der Waals surface area (Å²) in [6.07, 6.45) is 7.30. The van der Waals surface area contributed by atoms with E-state index in [1.807, 2.05) is 41.9 Å². The number of fused-ring (bicyclic) bond motifs is 2. The summed E-state index contributed by atoms with van der Waals surface area (Å²) in [4.78, 5) is 18.9. The minimum atomic E-state index is -0.240. The van der Waals surface area contributed by atoms with Crippen LogP contribution < -0.4 is 0 Å². The molecule has 1 aliphatic rings. The number of rotatable bonds is 3. The molecule has 4 nitrogen and oxygen atoms in total. The summed E-state index contributed by atoms with van der Waals surface area (Å²) in [7, 11) is 0. The summed E-state index contributed by atoms with van der Waals surface area (Å²) in [6.45, 7) is 4.51. The molecule has 3 heterocycles. The van der Waals surface area contributed by atoms with Crippen LogP contribution >= 0.6 is 11.3 Å². The van der Waals surface area contributed by atoms with E-state index in [2.05, 4.69) is 11.9 Å². The van der Waals surface area contributed by atoms with Crippen molar-refractivity contribution in [3.8, 4) is 0 Å². The number of aromatic nitrogens is 2. The second-order valence-corrected chi connectivity index (χ2v) is 7.82. The van der Waals surface area contributed by atoms with E-state index in [0.717, 1.165) is 24.2 Å². The molecule has 5 heteroatoms. The Hall–Kier alpha value is -2.14. The van der Waals surface area contributed by atoms with E-state index in [1.54, 1.807) is 11.3 Å². The number of hydrogen-bond donors (Lipinski definition) is 0. The number of carbonyl (C=O) groups excluding carboxylic acids is 1. The Kier molecular flexibility index (Phi) is 3.88. The Balaban J connectivity index is 1.46. The van der Waals surface area contributed by atoms with E-state index in [0.29, 0.717) is 10.8 Å². The highest BCUT2D eigenvalue weighted by molar-refractivity contribution is 7.14. The quantitative estimate of drug-likeness (QED) is 0.672. The molecule has 0 saturated carbocycles. The van der Waals surface area contributed by atoms with Crippen molar-refractivity contribution in [3.63, 3.8) is 0 Å². The molecular formula is C19H20N2O2S. The molecule has 3 aromatic heterocycles. The standard InChI is InChI=1S/C19H20N2O2S/c1-12-3-5-16-14(7-12)8-17(24-16)19(22)23-11-15-10-21-9-13(2)4-6-18(21)20-15/h4,6,8-10,12H,3,5,7,11H2,1-2H3/t12-/m0/s1. The summed E-state index contributed by atoms with van der Waals surface area (Å²) < 4.78 is 7.44. The number of nitrogens with zero attached hydrogens (tertiary/aromatic N) is 2. The summed E-state index contributed by atoms with van der Waals surface area (Å²) in [6, 6.07) is 6.01. The molecule has 3 aromatic rings. The Morgan fingerprint density at radius 1 is 1.42 bits per heavy atom. The lowest BCUT2D eigenvalue weighted by molar-refractivity contribution is 0.0474. The number of ether oxygens (including phenoxy) is 1. The number of carbonyl (C=O) groups is 1. The molecule has 0 aliphatic heterocycles. The number of thiophene rings is 1. The Morgan fingerprint density at radius 2 is 2.29 bits per heavy atom. The van der Waals surface area contributed by atoms with Crippen molar-refractivity contribution < 1.29 is 9.53 Å². The van der Waals surface area contributed by atoms with Gasteiger partial charge in [-0.25, -0.2) is 9.78 Å². The highest BCUT2D eigenvalue weighted by Gasteiger charge is 2.21. The first-order valence-electron chi connectivity index (χ1n) is 8.31. The highest BCUT2D eigenvalue weighted by Crippen LogP contribution is 2.32. The van der Waals surface area contributed by atoms with Crippen LogP contribution in [0.4, 0.5) is 0 Å². The minimum Gasteiger partial charge on any atom is -0.455 e. The normalized spacial score (nSPS) is 17.0. The molecule has 0 aromatic carbocycles. The molecule has 0 bridgehead atoms. The molecule has 1 aliphatic carbocycles. The molecule has 4 rings (SSSR count). The van der Waals surface area contributed by atoms with E-state index in [1.165, 1.54) is 22.4 Å². The summed E-state index contributed by atoms with van der Waals surface area (Å²) >= 11 is 1.59. The molecular weight excluding hydrogens is 320 g/mol. The molecule has 0 spiro atoms. The zero-order chi connectivity index (χ0) is 16.7. The van der Waals surface area contributed by atoms with Gasteiger partial charge in [0.05, 0.1) is 5.69 Å². The van der Waals surface area contributed by atoms with Crippen molar-refractivity contribution in [2.45, 2.75) is 39.7 Å². The third-order valence-electron chi connectivity index (χ3n) is 4.53. The van der Waals surface area contributed by atoms with Gasteiger partial charge in [-0.2, -0.15) is 0 Å². The lowest BCUT2D eigenvalue weighted by atomic mass is 9.90. The maximum atomic E-state index is 12.3. The van der Waals surface area contributed by atoms with Crippen LogP contribution in [-0.4, -0.2) is 15.4 Å². The van der Waals surface area contributed by atoms with Gasteiger partial charge in [-0.05, 0) is 55.4 Å². The zero-order valence-electron chi connectivity index (χ0n) is 13.9. The van der Waals surface area contributed by atoms with Gasteiger partial charge in [0.1, 0.15) is 17.1 Å². The van der Waals surface area contributed by atoms with Gasteiger partial charge in [0.15, 0.2) is 0 Å². The van der Waals surface area contributed by atoms with E-state index in [-0.39, 0.29) is 12.6 Å². The lowest BCUT2D eigenvalue weighted by Gasteiger charge is -2.16. The fourth-order valence-corrected chi connectivity index (χ4v) is 4.34. The molecule has 0 N–H and O–H groups in total. The Morgan fingerprint density at radius 3 is 3.17 bits per heavy atom. The van der Waals surface area contributed by atoms with Crippen molar-refractivity contribution in [1.82, 2.24) is 9.38 Å². The minimum absolute atomic E-state index is 0.207. The molecule has 0 radical (unpaired) electrons. The van der Waals surface area contributed by atoms with E-state index in [9.17, 15) is 4.79 Å². The summed E-state index contributed by atoms with van der Waals surface area (Å²) in [5, 5.41) is 0. The lowest BCUT2D eigenvalue weighted by Crippen LogP contribution is -2.08. The van der Waals surface area contributed by atoms with Crippen LogP contribution in [0, 0.1) is 12.8 Å². The van der Waals surface area contributed by atoms with Crippen LogP contribution in [0.15, 0.2) is 30.6 Å². The summed E-state index contributed by atoms with van der Waals surface area (Å²) in [5.41, 5.74) is 4.13.